The molecule has 1 aromatic rings. The van der Waals surface area contributed by atoms with Gasteiger partial charge in [0, 0.05) is 19.3 Å². The van der Waals surface area contributed by atoms with E-state index in [9.17, 15) is 9.18 Å². The van der Waals surface area contributed by atoms with E-state index in [1.54, 1.807) is 24.9 Å². The Labute approximate surface area is 125 Å². The molecule has 21 heavy (non-hydrogen) atoms. The van der Waals surface area contributed by atoms with Gasteiger partial charge >= 0.3 is 0 Å². The number of carbonyl (C=O) groups excluding carboxylic acids is 1. The van der Waals surface area contributed by atoms with Gasteiger partial charge in [-0.3, -0.25) is 4.79 Å². The second-order valence-corrected chi connectivity index (χ2v) is 6.13. The number of benzene rings is 1. The van der Waals surface area contributed by atoms with E-state index in [-0.39, 0.29) is 11.5 Å². The molecule has 1 amide bonds. The number of piperidine rings is 1. The highest BCUT2D eigenvalue weighted by Gasteiger charge is 2.23. The number of anilines is 1. The van der Waals surface area contributed by atoms with Crippen LogP contribution in [0, 0.1) is 18.7 Å². The average molecular weight is 293 g/mol. The SMILES string of the molecule is Cc1cc(N)cc(C(=O)N(C)CC2CCN(C)CC2)c1F. The lowest BCUT2D eigenvalue weighted by atomic mass is 9.96. The molecule has 0 atom stereocenters. The van der Waals surface area contributed by atoms with Crippen LogP contribution in [0.25, 0.3) is 0 Å². The fraction of sp³-hybridized carbons (Fsp3) is 0.562. The zero-order valence-electron chi connectivity index (χ0n) is 13.0. The van der Waals surface area contributed by atoms with Crippen molar-refractivity contribution >= 4 is 11.6 Å². The first kappa shape index (κ1) is 15.8. The van der Waals surface area contributed by atoms with Crippen molar-refractivity contribution in [3.05, 3.63) is 29.1 Å². The van der Waals surface area contributed by atoms with Gasteiger partial charge in [0.2, 0.25) is 0 Å². The van der Waals surface area contributed by atoms with Gasteiger partial charge in [-0.05, 0) is 63.5 Å². The summed E-state index contributed by atoms with van der Waals surface area (Å²) in [5.74, 6) is -0.272. The van der Waals surface area contributed by atoms with E-state index in [0.29, 0.717) is 23.7 Å². The van der Waals surface area contributed by atoms with Gasteiger partial charge in [-0.2, -0.15) is 0 Å². The highest BCUT2D eigenvalue weighted by molar-refractivity contribution is 5.95. The monoisotopic (exact) mass is 293 g/mol. The molecule has 1 aromatic carbocycles. The average Bonchev–Trinajstić information content (AvgIpc) is 2.44. The molecule has 2 N–H and O–H groups in total. The standard InChI is InChI=1S/C16H24FN3O/c1-11-8-13(18)9-14(15(11)17)16(21)20(3)10-12-4-6-19(2)7-5-12/h8-9,12H,4-7,10,18H2,1-3H3. The second kappa shape index (κ2) is 6.43. The molecule has 116 valence electrons. The summed E-state index contributed by atoms with van der Waals surface area (Å²) in [6.45, 7) is 4.40. The summed E-state index contributed by atoms with van der Waals surface area (Å²) in [5.41, 5.74) is 6.62. The molecule has 0 bridgehead atoms. The van der Waals surface area contributed by atoms with Crippen molar-refractivity contribution < 1.29 is 9.18 Å². The van der Waals surface area contributed by atoms with E-state index >= 15 is 0 Å². The zero-order chi connectivity index (χ0) is 15.6. The maximum atomic E-state index is 14.1. The highest BCUT2D eigenvalue weighted by Crippen LogP contribution is 2.21. The molecule has 1 aliphatic rings. The van der Waals surface area contributed by atoms with Gasteiger partial charge in [0.25, 0.3) is 5.91 Å². The largest absolute Gasteiger partial charge is 0.399 e. The fourth-order valence-corrected chi connectivity index (χ4v) is 2.87. The van der Waals surface area contributed by atoms with Crippen molar-refractivity contribution in [2.45, 2.75) is 19.8 Å². The minimum Gasteiger partial charge on any atom is -0.399 e. The predicted octanol–water partition coefficient (Wildman–Crippen LogP) is 2.13. The maximum absolute atomic E-state index is 14.1. The molecule has 1 fully saturated rings. The zero-order valence-corrected chi connectivity index (χ0v) is 13.0. The Morgan fingerprint density at radius 3 is 2.67 bits per heavy atom. The van der Waals surface area contributed by atoms with Crippen molar-refractivity contribution in [1.82, 2.24) is 9.80 Å². The number of carbonyl (C=O) groups is 1. The smallest absolute Gasteiger partial charge is 0.256 e. The molecule has 2 rings (SSSR count). The van der Waals surface area contributed by atoms with Crippen molar-refractivity contribution in [1.29, 1.82) is 0 Å². The van der Waals surface area contributed by atoms with Gasteiger partial charge in [-0.25, -0.2) is 4.39 Å². The molecule has 5 heteroatoms. The summed E-state index contributed by atoms with van der Waals surface area (Å²) >= 11 is 0. The van der Waals surface area contributed by atoms with Crippen molar-refractivity contribution in [3.8, 4) is 0 Å². The number of hydrogen-bond acceptors (Lipinski definition) is 3. The van der Waals surface area contributed by atoms with Gasteiger partial charge in [0.1, 0.15) is 5.82 Å². The number of nitrogens with zero attached hydrogens (tertiary/aromatic N) is 2. The van der Waals surface area contributed by atoms with Crippen LogP contribution in [0.15, 0.2) is 12.1 Å². The number of likely N-dealkylation sites (tertiary alicyclic amines) is 1. The van der Waals surface area contributed by atoms with Gasteiger partial charge in [0.05, 0.1) is 5.56 Å². The first-order valence-electron chi connectivity index (χ1n) is 7.38. The Kier molecular flexibility index (Phi) is 4.83. The van der Waals surface area contributed by atoms with E-state index in [0.717, 1.165) is 25.9 Å². The van der Waals surface area contributed by atoms with Gasteiger partial charge in [-0.15, -0.1) is 0 Å². The van der Waals surface area contributed by atoms with Gasteiger partial charge in [-0.1, -0.05) is 0 Å². The van der Waals surface area contributed by atoms with E-state index in [1.165, 1.54) is 6.07 Å². The van der Waals surface area contributed by atoms with E-state index in [4.69, 9.17) is 5.73 Å². The molecular weight excluding hydrogens is 269 g/mol. The lowest BCUT2D eigenvalue weighted by molar-refractivity contribution is 0.0742. The molecule has 1 saturated heterocycles. The fourth-order valence-electron chi connectivity index (χ4n) is 2.87. The van der Waals surface area contributed by atoms with Crippen LogP contribution in [0.2, 0.25) is 0 Å². The van der Waals surface area contributed by atoms with Crippen LogP contribution in [-0.4, -0.2) is 49.4 Å². The molecule has 0 aromatic heterocycles. The summed E-state index contributed by atoms with van der Waals surface area (Å²) in [6, 6.07) is 2.97. The number of hydrogen-bond donors (Lipinski definition) is 1. The third-order valence-corrected chi connectivity index (χ3v) is 4.22. The summed E-state index contributed by atoms with van der Waals surface area (Å²) in [4.78, 5) is 16.3. The number of rotatable bonds is 3. The number of aryl methyl sites for hydroxylation is 1. The molecule has 1 aliphatic heterocycles. The van der Waals surface area contributed by atoms with Crippen LogP contribution in [0.1, 0.15) is 28.8 Å². The van der Waals surface area contributed by atoms with E-state index in [1.807, 2.05) is 0 Å². The van der Waals surface area contributed by atoms with Gasteiger partial charge < -0.3 is 15.5 Å². The van der Waals surface area contributed by atoms with Crippen LogP contribution in [0.5, 0.6) is 0 Å². The minimum absolute atomic E-state index is 0.0722. The topological polar surface area (TPSA) is 49.6 Å². The lowest BCUT2D eigenvalue weighted by Gasteiger charge is -2.31. The van der Waals surface area contributed by atoms with Crippen molar-refractivity contribution in [2.75, 3.05) is 39.5 Å². The van der Waals surface area contributed by atoms with Crippen molar-refractivity contribution in [2.24, 2.45) is 5.92 Å². The third kappa shape index (κ3) is 3.73. The molecule has 0 radical (unpaired) electrons. The Hall–Kier alpha value is -1.62. The molecule has 0 spiro atoms. The summed E-state index contributed by atoms with van der Waals surface area (Å²) in [7, 11) is 3.84. The normalized spacial score (nSPS) is 17.0. The van der Waals surface area contributed by atoms with Gasteiger partial charge in [0.15, 0.2) is 0 Å². The first-order chi connectivity index (χ1) is 9.88. The molecule has 0 aliphatic carbocycles. The Bertz CT molecular complexity index is 524. The quantitative estimate of drug-likeness (QED) is 0.869. The number of halogens is 1. The molecule has 0 unspecified atom stereocenters. The predicted molar refractivity (Wildman–Crippen MR) is 82.7 cm³/mol. The van der Waals surface area contributed by atoms with Crippen LogP contribution in [0.4, 0.5) is 10.1 Å². The maximum Gasteiger partial charge on any atom is 0.256 e. The summed E-state index contributed by atoms with van der Waals surface area (Å²) < 4.78 is 14.1. The Balaban J connectivity index is 2.06. The summed E-state index contributed by atoms with van der Waals surface area (Å²) in [6.07, 6.45) is 2.15. The van der Waals surface area contributed by atoms with E-state index in [2.05, 4.69) is 11.9 Å². The van der Waals surface area contributed by atoms with Crippen LogP contribution in [0.3, 0.4) is 0 Å². The molecule has 1 heterocycles. The van der Waals surface area contributed by atoms with Crippen LogP contribution in [-0.2, 0) is 0 Å². The minimum atomic E-state index is -0.468. The molecular formula is C16H24FN3O. The number of amides is 1. The third-order valence-electron chi connectivity index (χ3n) is 4.22. The second-order valence-electron chi connectivity index (χ2n) is 6.13. The number of nitrogen functional groups attached to an aromatic ring is 1. The molecule has 4 nitrogen and oxygen atoms in total. The van der Waals surface area contributed by atoms with E-state index < -0.39 is 5.82 Å². The molecule has 0 saturated carbocycles. The number of nitrogens with two attached hydrogens (primary N) is 1. The lowest BCUT2D eigenvalue weighted by Crippen LogP contribution is -2.38. The van der Waals surface area contributed by atoms with Crippen LogP contribution >= 0.6 is 0 Å². The van der Waals surface area contributed by atoms with Crippen molar-refractivity contribution in [3.63, 3.8) is 0 Å². The Morgan fingerprint density at radius 2 is 2.05 bits per heavy atom. The van der Waals surface area contributed by atoms with Crippen LogP contribution < -0.4 is 5.73 Å². The highest BCUT2D eigenvalue weighted by atomic mass is 19.1. The Morgan fingerprint density at radius 1 is 1.43 bits per heavy atom. The summed E-state index contributed by atoms with van der Waals surface area (Å²) in [5, 5.41) is 0. The first-order valence-corrected chi connectivity index (χ1v) is 7.38.